The number of hydrogen-bond donors (Lipinski definition) is 2. The molecule has 9 nitrogen and oxygen atoms in total. The lowest BCUT2D eigenvalue weighted by molar-refractivity contribution is 0.0232. The molecule has 1 aliphatic heterocycles. The van der Waals surface area contributed by atoms with Crippen molar-refractivity contribution in [2.75, 3.05) is 20.2 Å². The lowest BCUT2D eigenvalue weighted by Gasteiger charge is -2.37. The van der Waals surface area contributed by atoms with Gasteiger partial charge in [0.25, 0.3) is 0 Å². The van der Waals surface area contributed by atoms with Crippen LogP contribution in [0, 0.1) is 10.7 Å². The van der Waals surface area contributed by atoms with Crippen LogP contribution in [-0.4, -0.2) is 50.8 Å². The number of carbonyl (C=O) groups excluding carboxylic acids is 1. The fraction of sp³-hybridized carbons (Fsp3) is 0.312. The first-order valence-corrected chi connectivity index (χ1v) is 15.4. The quantitative estimate of drug-likeness (QED) is 0.259. The highest BCUT2D eigenvalue weighted by Gasteiger charge is 2.41. The zero-order valence-corrected chi connectivity index (χ0v) is 25.1. The first kappa shape index (κ1) is 29.3. The van der Waals surface area contributed by atoms with E-state index >= 15 is 0 Å². The SMILES string of the molecule is CN(CC1COc2c(S(=N)(=O)NC(c3ccccc3)(c3ccccc3)c3ccccc3)cnn2C1)C(=O)OC(C)(C)C. The molecule has 1 amide bonds. The molecule has 0 spiro atoms. The molecular formula is C32H37N5O4S. The lowest BCUT2D eigenvalue weighted by Crippen LogP contribution is -2.47. The van der Waals surface area contributed by atoms with Gasteiger partial charge < -0.3 is 14.4 Å². The number of ether oxygens (including phenoxy) is 2. The Bertz CT molecular complexity index is 1520. The van der Waals surface area contributed by atoms with Crippen molar-refractivity contribution >= 4 is 16.0 Å². The minimum Gasteiger partial charge on any atom is -0.476 e. The van der Waals surface area contributed by atoms with Gasteiger partial charge in [0.15, 0.2) is 0 Å². The van der Waals surface area contributed by atoms with E-state index in [0.29, 0.717) is 19.0 Å². The van der Waals surface area contributed by atoms with E-state index < -0.39 is 27.1 Å². The van der Waals surface area contributed by atoms with E-state index in [-0.39, 0.29) is 17.4 Å². The fourth-order valence-corrected chi connectivity index (χ4v) is 6.75. The third kappa shape index (κ3) is 6.05. The second kappa shape index (κ2) is 11.6. The van der Waals surface area contributed by atoms with Crippen molar-refractivity contribution in [3.05, 3.63) is 114 Å². The molecule has 0 fully saturated rings. The van der Waals surface area contributed by atoms with Gasteiger partial charge in [0, 0.05) is 19.5 Å². The predicted molar refractivity (Wildman–Crippen MR) is 162 cm³/mol. The number of hydrogen-bond acceptors (Lipinski definition) is 6. The molecular weight excluding hydrogens is 550 g/mol. The monoisotopic (exact) mass is 587 g/mol. The number of amides is 1. The standard InChI is InChI=1S/C32H37N5O4S/c1-31(2,3)41-30(38)36(4)21-24-22-37-29(40-23-24)28(20-34-37)42(33,39)35-32(25-14-8-5-9-15-25,26-16-10-6-11-17-26)27-18-12-7-13-19-27/h5-20,24H,21-23H2,1-4H3,(H2,33,35,39). The Balaban J connectivity index is 1.48. The van der Waals surface area contributed by atoms with Gasteiger partial charge in [-0.1, -0.05) is 91.0 Å². The maximum atomic E-state index is 14.5. The van der Waals surface area contributed by atoms with E-state index in [1.54, 1.807) is 11.7 Å². The Labute approximate surface area is 247 Å². The second-order valence-corrected chi connectivity index (χ2v) is 13.3. The molecule has 1 aliphatic rings. The number of carbonyl (C=O) groups is 1. The molecule has 3 aromatic carbocycles. The topological polar surface area (TPSA) is 110 Å². The predicted octanol–water partition coefficient (Wildman–Crippen LogP) is 5.66. The summed E-state index contributed by atoms with van der Waals surface area (Å²) in [5.41, 5.74) is 0.831. The number of nitrogens with zero attached hydrogens (tertiary/aromatic N) is 3. The second-order valence-electron chi connectivity index (χ2n) is 11.5. The molecule has 2 atom stereocenters. The van der Waals surface area contributed by atoms with Gasteiger partial charge in [0.05, 0.1) is 19.3 Å². The van der Waals surface area contributed by atoms with Gasteiger partial charge in [0.1, 0.15) is 26.0 Å². The molecule has 0 saturated heterocycles. The van der Waals surface area contributed by atoms with Gasteiger partial charge in [-0.25, -0.2) is 23.2 Å². The van der Waals surface area contributed by atoms with E-state index in [1.165, 1.54) is 11.1 Å². The lowest BCUT2D eigenvalue weighted by atomic mass is 9.78. The van der Waals surface area contributed by atoms with Crippen molar-refractivity contribution in [3.63, 3.8) is 0 Å². The van der Waals surface area contributed by atoms with Gasteiger partial charge >= 0.3 is 6.09 Å². The van der Waals surface area contributed by atoms with Crippen LogP contribution in [0.2, 0.25) is 0 Å². The average molecular weight is 588 g/mol. The molecule has 0 aliphatic carbocycles. The summed E-state index contributed by atoms with van der Waals surface area (Å²) < 4.78 is 40.2. The maximum Gasteiger partial charge on any atom is 0.410 e. The zero-order valence-electron chi connectivity index (χ0n) is 24.3. The number of fused-ring (bicyclic) bond motifs is 1. The summed E-state index contributed by atoms with van der Waals surface area (Å²) in [5.74, 6) is 0.233. The van der Waals surface area contributed by atoms with Crippen LogP contribution in [-0.2, 0) is 26.7 Å². The molecule has 42 heavy (non-hydrogen) atoms. The molecule has 1 aromatic heterocycles. The molecule has 0 saturated carbocycles. The van der Waals surface area contributed by atoms with Crippen LogP contribution >= 0.6 is 0 Å². The normalized spacial score (nSPS) is 16.5. The Hall–Kier alpha value is -4.15. The first-order chi connectivity index (χ1) is 20.0. The van der Waals surface area contributed by atoms with E-state index in [0.717, 1.165) is 16.7 Å². The minimum absolute atomic E-state index is 0.0606. The Kier molecular flexibility index (Phi) is 8.12. The summed E-state index contributed by atoms with van der Waals surface area (Å²) in [7, 11) is -1.99. The summed E-state index contributed by atoms with van der Waals surface area (Å²) in [6, 6.07) is 29.2. The van der Waals surface area contributed by atoms with Gasteiger partial charge in [-0.2, -0.15) is 5.10 Å². The zero-order chi connectivity index (χ0) is 30.0. The summed E-state index contributed by atoms with van der Waals surface area (Å²) >= 11 is 0. The van der Waals surface area contributed by atoms with Crippen LogP contribution in [0.4, 0.5) is 4.79 Å². The van der Waals surface area contributed by atoms with E-state index in [2.05, 4.69) is 9.82 Å². The molecule has 220 valence electrons. The van der Waals surface area contributed by atoms with Crippen LogP contribution in [0.3, 0.4) is 0 Å². The van der Waals surface area contributed by atoms with Gasteiger partial charge in [0.2, 0.25) is 5.88 Å². The third-order valence-electron chi connectivity index (χ3n) is 7.11. The maximum absolute atomic E-state index is 14.5. The summed E-state index contributed by atoms with van der Waals surface area (Å²) in [6.07, 6.45) is 1.04. The summed E-state index contributed by atoms with van der Waals surface area (Å²) in [6.45, 7) is 6.61. The molecule has 2 heterocycles. The Morgan fingerprint density at radius 2 is 1.50 bits per heavy atom. The summed E-state index contributed by atoms with van der Waals surface area (Å²) in [5, 5.41) is 4.45. The Morgan fingerprint density at radius 1 is 1.00 bits per heavy atom. The molecule has 10 heteroatoms. The molecule has 2 N–H and O–H groups in total. The van der Waals surface area contributed by atoms with Crippen molar-refractivity contribution in [1.29, 1.82) is 4.78 Å². The highest BCUT2D eigenvalue weighted by molar-refractivity contribution is 7.90. The van der Waals surface area contributed by atoms with Crippen LogP contribution in [0.1, 0.15) is 37.5 Å². The third-order valence-corrected chi connectivity index (χ3v) is 8.60. The summed E-state index contributed by atoms with van der Waals surface area (Å²) in [4.78, 5) is 14.2. The average Bonchev–Trinajstić information content (AvgIpc) is 3.41. The number of rotatable bonds is 8. The van der Waals surface area contributed by atoms with Crippen LogP contribution in [0.5, 0.6) is 5.88 Å². The molecule has 0 radical (unpaired) electrons. The number of benzene rings is 3. The number of aromatic nitrogens is 2. The van der Waals surface area contributed by atoms with Crippen LogP contribution in [0.15, 0.2) is 102 Å². The van der Waals surface area contributed by atoms with E-state index in [4.69, 9.17) is 9.47 Å². The molecule has 0 bridgehead atoms. The van der Waals surface area contributed by atoms with Crippen LogP contribution in [0.25, 0.3) is 0 Å². The van der Waals surface area contributed by atoms with E-state index in [1.807, 2.05) is 112 Å². The largest absolute Gasteiger partial charge is 0.476 e. The molecule has 4 aromatic rings. The molecule has 2 unspecified atom stereocenters. The minimum atomic E-state index is -3.68. The van der Waals surface area contributed by atoms with Crippen molar-refractivity contribution in [1.82, 2.24) is 19.4 Å². The smallest absolute Gasteiger partial charge is 0.410 e. The van der Waals surface area contributed by atoms with Gasteiger partial charge in [-0.15, -0.1) is 0 Å². The molecule has 5 rings (SSSR count). The number of nitrogens with one attached hydrogen (secondary N) is 2. The van der Waals surface area contributed by atoms with Crippen molar-refractivity contribution in [2.24, 2.45) is 5.92 Å². The van der Waals surface area contributed by atoms with Crippen molar-refractivity contribution in [2.45, 2.75) is 43.4 Å². The Morgan fingerprint density at radius 3 is 1.98 bits per heavy atom. The van der Waals surface area contributed by atoms with Crippen LogP contribution < -0.4 is 9.46 Å². The van der Waals surface area contributed by atoms with Gasteiger partial charge in [-0.05, 0) is 37.5 Å². The van der Waals surface area contributed by atoms with Crippen molar-refractivity contribution in [3.8, 4) is 5.88 Å². The van der Waals surface area contributed by atoms with Gasteiger partial charge in [-0.3, -0.25) is 0 Å². The highest BCUT2D eigenvalue weighted by Crippen LogP contribution is 2.39. The highest BCUT2D eigenvalue weighted by atomic mass is 32.2. The fourth-order valence-electron chi connectivity index (χ4n) is 5.25. The van der Waals surface area contributed by atoms with E-state index in [9.17, 15) is 13.8 Å². The van der Waals surface area contributed by atoms with Crippen molar-refractivity contribution < 1.29 is 18.5 Å². The first-order valence-electron chi connectivity index (χ1n) is 13.9.